The summed E-state index contributed by atoms with van der Waals surface area (Å²) in [6.45, 7) is 0.808. The van der Waals surface area contributed by atoms with E-state index in [0.717, 1.165) is 25.1 Å². The van der Waals surface area contributed by atoms with E-state index in [0.29, 0.717) is 0 Å². The molecule has 1 aromatic carbocycles. The van der Waals surface area contributed by atoms with E-state index in [4.69, 9.17) is 10.5 Å². The maximum atomic E-state index is 5.43. The molecule has 3 heteroatoms. The van der Waals surface area contributed by atoms with E-state index >= 15 is 0 Å². The van der Waals surface area contributed by atoms with E-state index < -0.39 is 0 Å². The minimum atomic E-state index is 0. The number of methoxy groups -OCH3 is 1. The standard InChI is InChI=1S/C12H19NO.ClH/c1-14-12-8-6-11(7-9-12)5-3-2-4-10-13;/h6-9H,2-5,10,13H2,1H3;1H. The van der Waals surface area contributed by atoms with Crippen LogP contribution in [0.1, 0.15) is 24.8 Å². The molecule has 0 fully saturated rings. The van der Waals surface area contributed by atoms with Crippen molar-refractivity contribution in [1.29, 1.82) is 0 Å². The summed E-state index contributed by atoms with van der Waals surface area (Å²) in [5.74, 6) is 0.927. The third kappa shape index (κ3) is 5.65. The van der Waals surface area contributed by atoms with E-state index in [1.807, 2.05) is 12.1 Å². The molecule has 0 amide bonds. The molecule has 0 bridgehead atoms. The Morgan fingerprint density at radius 1 is 1.07 bits per heavy atom. The molecule has 2 nitrogen and oxygen atoms in total. The molecular weight excluding hydrogens is 210 g/mol. The number of benzene rings is 1. The van der Waals surface area contributed by atoms with Crippen LogP contribution in [0.25, 0.3) is 0 Å². The van der Waals surface area contributed by atoms with Crippen LogP contribution in [-0.2, 0) is 6.42 Å². The van der Waals surface area contributed by atoms with Crippen molar-refractivity contribution >= 4 is 12.4 Å². The third-order valence-electron chi connectivity index (χ3n) is 2.33. The Kier molecular flexibility index (Phi) is 8.15. The number of hydrogen-bond acceptors (Lipinski definition) is 2. The number of unbranched alkanes of at least 4 members (excludes halogenated alkanes) is 2. The maximum absolute atomic E-state index is 5.43. The fourth-order valence-corrected chi connectivity index (χ4v) is 1.44. The van der Waals surface area contributed by atoms with Crippen molar-refractivity contribution in [3.05, 3.63) is 29.8 Å². The molecular formula is C12H20ClNO. The molecule has 0 spiro atoms. The predicted molar refractivity (Wildman–Crippen MR) is 66.9 cm³/mol. The van der Waals surface area contributed by atoms with Gasteiger partial charge in [0.1, 0.15) is 5.75 Å². The molecule has 0 aliphatic carbocycles. The summed E-state index contributed by atoms with van der Waals surface area (Å²) < 4.78 is 5.10. The molecule has 0 aliphatic rings. The lowest BCUT2D eigenvalue weighted by Gasteiger charge is -2.03. The summed E-state index contributed by atoms with van der Waals surface area (Å²) in [7, 11) is 1.69. The van der Waals surface area contributed by atoms with Gasteiger partial charge in [0.2, 0.25) is 0 Å². The van der Waals surface area contributed by atoms with Crippen LogP contribution in [-0.4, -0.2) is 13.7 Å². The molecule has 86 valence electrons. The van der Waals surface area contributed by atoms with Crippen molar-refractivity contribution in [3.63, 3.8) is 0 Å². The van der Waals surface area contributed by atoms with Gasteiger partial charge in [0.15, 0.2) is 0 Å². The molecule has 0 heterocycles. The van der Waals surface area contributed by atoms with Crippen LogP contribution in [0.2, 0.25) is 0 Å². The van der Waals surface area contributed by atoms with Gasteiger partial charge in [0, 0.05) is 0 Å². The van der Waals surface area contributed by atoms with Gasteiger partial charge in [-0.25, -0.2) is 0 Å². The summed E-state index contributed by atoms with van der Waals surface area (Å²) in [5, 5.41) is 0. The number of nitrogens with two attached hydrogens (primary N) is 1. The van der Waals surface area contributed by atoms with E-state index in [-0.39, 0.29) is 12.4 Å². The Morgan fingerprint density at radius 2 is 1.73 bits per heavy atom. The second-order valence-corrected chi connectivity index (χ2v) is 3.45. The van der Waals surface area contributed by atoms with Gasteiger partial charge in [-0.1, -0.05) is 18.6 Å². The highest BCUT2D eigenvalue weighted by Gasteiger charge is 1.94. The van der Waals surface area contributed by atoms with Crippen LogP contribution in [0.15, 0.2) is 24.3 Å². The van der Waals surface area contributed by atoms with Crippen molar-refractivity contribution in [2.75, 3.05) is 13.7 Å². The minimum Gasteiger partial charge on any atom is -0.497 e. The maximum Gasteiger partial charge on any atom is 0.118 e. The molecule has 0 saturated carbocycles. The van der Waals surface area contributed by atoms with Crippen molar-refractivity contribution < 1.29 is 4.74 Å². The van der Waals surface area contributed by atoms with Gasteiger partial charge < -0.3 is 10.5 Å². The lowest BCUT2D eigenvalue weighted by molar-refractivity contribution is 0.414. The van der Waals surface area contributed by atoms with E-state index in [9.17, 15) is 0 Å². The summed E-state index contributed by atoms with van der Waals surface area (Å²) in [4.78, 5) is 0. The number of hydrogen-bond donors (Lipinski definition) is 1. The first-order chi connectivity index (χ1) is 6.86. The summed E-state index contributed by atoms with van der Waals surface area (Å²) in [6, 6.07) is 8.28. The molecule has 0 atom stereocenters. The first-order valence-electron chi connectivity index (χ1n) is 5.20. The summed E-state index contributed by atoms with van der Waals surface area (Å²) in [6.07, 6.45) is 4.73. The second kappa shape index (κ2) is 8.57. The van der Waals surface area contributed by atoms with Gasteiger partial charge in [0.05, 0.1) is 7.11 Å². The van der Waals surface area contributed by atoms with Crippen LogP contribution < -0.4 is 10.5 Å². The van der Waals surface area contributed by atoms with E-state index in [2.05, 4.69) is 12.1 Å². The zero-order chi connectivity index (χ0) is 10.2. The molecule has 0 aromatic heterocycles. The number of rotatable bonds is 6. The molecule has 1 aromatic rings. The number of aryl methyl sites for hydroxylation is 1. The van der Waals surface area contributed by atoms with Crippen LogP contribution in [0.4, 0.5) is 0 Å². The van der Waals surface area contributed by atoms with Crippen molar-refractivity contribution in [1.82, 2.24) is 0 Å². The lowest BCUT2D eigenvalue weighted by Crippen LogP contribution is -1.98. The quantitative estimate of drug-likeness (QED) is 0.762. The predicted octanol–water partition coefficient (Wildman–Crippen LogP) is 2.79. The number of halogens is 1. The van der Waals surface area contributed by atoms with Crippen LogP contribution in [0.3, 0.4) is 0 Å². The number of ether oxygens (including phenoxy) is 1. The van der Waals surface area contributed by atoms with Gasteiger partial charge in [0.25, 0.3) is 0 Å². The Balaban J connectivity index is 0.00000196. The topological polar surface area (TPSA) is 35.2 Å². The van der Waals surface area contributed by atoms with Crippen LogP contribution >= 0.6 is 12.4 Å². The highest BCUT2D eigenvalue weighted by Crippen LogP contribution is 2.13. The zero-order valence-corrected chi connectivity index (χ0v) is 10.1. The SMILES string of the molecule is COc1ccc(CCCCCN)cc1.Cl. The van der Waals surface area contributed by atoms with Crippen molar-refractivity contribution in [3.8, 4) is 5.75 Å². The Bertz CT molecular complexity index is 248. The summed E-state index contributed by atoms with van der Waals surface area (Å²) in [5.41, 5.74) is 6.81. The zero-order valence-electron chi connectivity index (χ0n) is 9.24. The van der Waals surface area contributed by atoms with Crippen molar-refractivity contribution in [2.24, 2.45) is 5.73 Å². The van der Waals surface area contributed by atoms with Gasteiger partial charge in [-0.3, -0.25) is 0 Å². The van der Waals surface area contributed by atoms with Gasteiger partial charge in [-0.2, -0.15) is 0 Å². The van der Waals surface area contributed by atoms with Gasteiger partial charge in [-0.05, 0) is 43.5 Å². The fourth-order valence-electron chi connectivity index (χ4n) is 1.44. The first-order valence-corrected chi connectivity index (χ1v) is 5.20. The molecule has 0 radical (unpaired) electrons. The molecule has 1 rings (SSSR count). The molecule has 15 heavy (non-hydrogen) atoms. The van der Waals surface area contributed by atoms with Gasteiger partial charge >= 0.3 is 0 Å². The van der Waals surface area contributed by atoms with Crippen LogP contribution in [0.5, 0.6) is 5.75 Å². The molecule has 0 unspecified atom stereocenters. The van der Waals surface area contributed by atoms with E-state index in [1.54, 1.807) is 7.11 Å². The van der Waals surface area contributed by atoms with Gasteiger partial charge in [-0.15, -0.1) is 12.4 Å². The minimum absolute atomic E-state index is 0. The second-order valence-electron chi connectivity index (χ2n) is 3.45. The highest BCUT2D eigenvalue weighted by atomic mass is 35.5. The van der Waals surface area contributed by atoms with Crippen LogP contribution in [0, 0.1) is 0 Å². The largest absolute Gasteiger partial charge is 0.497 e. The Hall–Kier alpha value is -0.730. The van der Waals surface area contributed by atoms with E-state index in [1.165, 1.54) is 18.4 Å². The average Bonchev–Trinajstić information content (AvgIpc) is 2.25. The first kappa shape index (κ1) is 14.3. The monoisotopic (exact) mass is 229 g/mol. The molecule has 0 aliphatic heterocycles. The Morgan fingerprint density at radius 3 is 2.27 bits per heavy atom. The molecule has 2 N–H and O–H groups in total. The summed E-state index contributed by atoms with van der Waals surface area (Å²) >= 11 is 0. The Labute approximate surface area is 98.2 Å². The van der Waals surface area contributed by atoms with Crippen molar-refractivity contribution in [2.45, 2.75) is 25.7 Å². The molecule has 0 saturated heterocycles. The fraction of sp³-hybridized carbons (Fsp3) is 0.500. The lowest BCUT2D eigenvalue weighted by atomic mass is 10.1. The third-order valence-corrected chi connectivity index (χ3v) is 2.33. The highest BCUT2D eigenvalue weighted by molar-refractivity contribution is 5.85. The smallest absolute Gasteiger partial charge is 0.118 e. The average molecular weight is 230 g/mol. The normalized spacial score (nSPS) is 9.47.